The van der Waals surface area contributed by atoms with Gasteiger partial charge in [0.1, 0.15) is 0 Å². The first-order chi connectivity index (χ1) is 7.43. The SMILES string of the molecule is CCOC(=O)Cc1cnc(C(F)(F)F)cn1. The smallest absolute Gasteiger partial charge is 0.434 e. The average molecular weight is 234 g/mol. The summed E-state index contributed by atoms with van der Waals surface area (Å²) >= 11 is 0. The van der Waals surface area contributed by atoms with Crippen LogP contribution in [0.4, 0.5) is 13.2 Å². The monoisotopic (exact) mass is 234 g/mol. The van der Waals surface area contributed by atoms with E-state index in [0.29, 0.717) is 6.20 Å². The first kappa shape index (κ1) is 12.4. The second-order valence-electron chi connectivity index (χ2n) is 2.87. The van der Waals surface area contributed by atoms with E-state index in [1.165, 1.54) is 0 Å². The summed E-state index contributed by atoms with van der Waals surface area (Å²) in [5.41, 5.74) is -0.938. The number of rotatable bonds is 3. The van der Waals surface area contributed by atoms with Gasteiger partial charge in [0.05, 0.1) is 24.9 Å². The molecule has 0 aliphatic carbocycles. The Kier molecular flexibility index (Phi) is 3.81. The molecule has 0 radical (unpaired) electrons. The molecule has 1 heterocycles. The lowest BCUT2D eigenvalue weighted by Gasteiger charge is -2.05. The summed E-state index contributed by atoms with van der Waals surface area (Å²) in [6, 6.07) is 0. The maximum absolute atomic E-state index is 12.1. The predicted octanol–water partition coefficient (Wildman–Crippen LogP) is 1.60. The van der Waals surface area contributed by atoms with Crippen LogP contribution < -0.4 is 0 Å². The van der Waals surface area contributed by atoms with Crippen LogP contribution in [0.25, 0.3) is 0 Å². The summed E-state index contributed by atoms with van der Waals surface area (Å²) in [6.45, 7) is 1.85. The van der Waals surface area contributed by atoms with E-state index in [2.05, 4.69) is 14.7 Å². The van der Waals surface area contributed by atoms with Crippen LogP contribution in [0, 0.1) is 0 Å². The Hall–Kier alpha value is -1.66. The van der Waals surface area contributed by atoms with Crippen molar-refractivity contribution < 1.29 is 22.7 Å². The van der Waals surface area contributed by atoms with E-state index in [4.69, 9.17) is 0 Å². The topological polar surface area (TPSA) is 52.1 Å². The molecule has 0 aliphatic heterocycles. The Labute approximate surface area is 89.5 Å². The van der Waals surface area contributed by atoms with Crippen LogP contribution in [-0.2, 0) is 22.1 Å². The standard InChI is InChI=1S/C9H9F3N2O2/c1-2-16-8(15)3-6-4-14-7(5-13-6)9(10,11)12/h4-5H,2-3H2,1H3. The molecule has 7 heteroatoms. The minimum absolute atomic E-state index is 0.145. The van der Waals surface area contributed by atoms with E-state index < -0.39 is 17.8 Å². The van der Waals surface area contributed by atoms with Crippen LogP contribution in [0.1, 0.15) is 18.3 Å². The summed E-state index contributed by atoms with van der Waals surface area (Å²) in [7, 11) is 0. The Morgan fingerprint density at radius 1 is 1.38 bits per heavy atom. The highest BCUT2D eigenvalue weighted by Crippen LogP contribution is 2.26. The van der Waals surface area contributed by atoms with E-state index in [9.17, 15) is 18.0 Å². The van der Waals surface area contributed by atoms with Crippen molar-refractivity contribution >= 4 is 5.97 Å². The van der Waals surface area contributed by atoms with Crippen molar-refractivity contribution in [3.05, 3.63) is 23.8 Å². The molecule has 0 aromatic carbocycles. The third-order valence-corrected chi connectivity index (χ3v) is 1.63. The van der Waals surface area contributed by atoms with Crippen LogP contribution >= 0.6 is 0 Å². The summed E-state index contributed by atoms with van der Waals surface area (Å²) in [6.07, 6.45) is -3.19. The van der Waals surface area contributed by atoms with Gasteiger partial charge in [-0.1, -0.05) is 0 Å². The zero-order chi connectivity index (χ0) is 12.2. The van der Waals surface area contributed by atoms with Crippen LogP contribution in [0.15, 0.2) is 12.4 Å². The summed E-state index contributed by atoms with van der Waals surface area (Å²) in [5, 5.41) is 0. The number of carbonyl (C=O) groups is 1. The molecule has 0 fully saturated rings. The highest BCUT2D eigenvalue weighted by atomic mass is 19.4. The van der Waals surface area contributed by atoms with Gasteiger partial charge in [0, 0.05) is 6.20 Å². The first-order valence-electron chi connectivity index (χ1n) is 4.47. The largest absolute Gasteiger partial charge is 0.466 e. The number of carbonyl (C=O) groups excluding carboxylic acids is 1. The maximum atomic E-state index is 12.1. The number of nitrogens with zero attached hydrogens (tertiary/aromatic N) is 2. The minimum atomic E-state index is -4.52. The number of esters is 1. The van der Waals surface area contributed by atoms with Crippen molar-refractivity contribution in [3.8, 4) is 0 Å². The first-order valence-corrected chi connectivity index (χ1v) is 4.47. The molecule has 4 nitrogen and oxygen atoms in total. The predicted molar refractivity (Wildman–Crippen MR) is 47.4 cm³/mol. The summed E-state index contributed by atoms with van der Waals surface area (Å²) < 4.78 is 40.9. The Morgan fingerprint density at radius 3 is 2.50 bits per heavy atom. The molecule has 0 N–H and O–H groups in total. The van der Waals surface area contributed by atoms with Crippen molar-refractivity contribution in [2.75, 3.05) is 6.61 Å². The lowest BCUT2D eigenvalue weighted by Crippen LogP contribution is -2.12. The van der Waals surface area contributed by atoms with Gasteiger partial charge >= 0.3 is 12.1 Å². The van der Waals surface area contributed by atoms with Gasteiger partial charge in [0.15, 0.2) is 5.69 Å². The molecule has 0 atom stereocenters. The molecule has 88 valence electrons. The molecule has 1 aromatic heterocycles. The fourth-order valence-electron chi connectivity index (χ4n) is 0.952. The molecule has 0 saturated heterocycles. The Balaban J connectivity index is 2.69. The number of alkyl halides is 3. The number of halogens is 3. The van der Waals surface area contributed by atoms with E-state index in [1.54, 1.807) is 6.92 Å². The molecule has 0 amide bonds. The molecule has 0 spiro atoms. The molecule has 0 saturated carbocycles. The molecule has 0 unspecified atom stereocenters. The Bertz CT molecular complexity index is 362. The third-order valence-electron chi connectivity index (χ3n) is 1.63. The molecule has 0 bridgehead atoms. The Morgan fingerprint density at radius 2 is 2.06 bits per heavy atom. The van der Waals surface area contributed by atoms with Crippen molar-refractivity contribution in [1.29, 1.82) is 0 Å². The van der Waals surface area contributed by atoms with Crippen molar-refractivity contribution in [3.63, 3.8) is 0 Å². The van der Waals surface area contributed by atoms with Crippen molar-refractivity contribution in [2.24, 2.45) is 0 Å². The van der Waals surface area contributed by atoms with E-state index in [-0.39, 0.29) is 18.7 Å². The zero-order valence-corrected chi connectivity index (χ0v) is 8.41. The van der Waals surface area contributed by atoms with Gasteiger partial charge in [0.25, 0.3) is 0 Å². The zero-order valence-electron chi connectivity index (χ0n) is 8.41. The number of aromatic nitrogens is 2. The van der Waals surface area contributed by atoms with Gasteiger partial charge in [-0.05, 0) is 6.92 Å². The van der Waals surface area contributed by atoms with Crippen LogP contribution in [0.3, 0.4) is 0 Å². The molecule has 0 aliphatic rings. The average Bonchev–Trinajstić information content (AvgIpc) is 2.17. The van der Waals surface area contributed by atoms with Gasteiger partial charge in [-0.3, -0.25) is 9.78 Å². The fraction of sp³-hybridized carbons (Fsp3) is 0.444. The maximum Gasteiger partial charge on any atom is 0.434 e. The number of hydrogen-bond acceptors (Lipinski definition) is 4. The van der Waals surface area contributed by atoms with Gasteiger partial charge in [-0.2, -0.15) is 13.2 Å². The van der Waals surface area contributed by atoms with E-state index in [0.717, 1.165) is 6.20 Å². The van der Waals surface area contributed by atoms with Gasteiger partial charge in [0.2, 0.25) is 0 Å². The minimum Gasteiger partial charge on any atom is -0.466 e. The van der Waals surface area contributed by atoms with E-state index >= 15 is 0 Å². The van der Waals surface area contributed by atoms with Gasteiger partial charge in [-0.25, -0.2) is 4.98 Å². The normalized spacial score (nSPS) is 11.2. The second-order valence-corrected chi connectivity index (χ2v) is 2.87. The second kappa shape index (κ2) is 4.91. The van der Waals surface area contributed by atoms with Crippen LogP contribution in [0.2, 0.25) is 0 Å². The summed E-state index contributed by atoms with van der Waals surface area (Å²) in [5.74, 6) is -0.545. The van der Waals surface area contributed by atoms with Crippen molar-refractivity contribution in [1.82, 2.24) is 9.97 Å². The lowest BCUT2D eigenvalue weighted by molar-refractivity contribution is -0.142. The van der Waals surface area contributed by atoms with Gasteiger partial charge in [-0.15, -0.1) is 0 Å². The highest BCUT2D eigenvalue weighted by molar-refractivity contribution is 5.71. The lowest BCUT2D eigenvalue weighted by atomic mass is 10.3. The fourth-order valence-corrected chi connectivity index (χ4v) is 0.952. The van der Waals surface area contributed by atoms with Crippen molar-refractivity contribution in [2.45, 2.75) is 19.5 Å². The quantitative estimate of drug-likeness (QED) is 0.745. The van der Waals surface area contributed by atoms with Crippen LogP contribution in [0.5, 0.6) is 0 Å². The number of hydrogen-bond donors (Lipinski definition) is 0. The van der Waals surface area contributed by atoms with Crippen LogP contribution in [-0.4, -0.2) is 22.5 Å². The molecule has 1 aromatic rings. The molecular weight excluding hydrogens is 225 g/mol. The highest BCUT2D eigenvalue weighted by Gasteiger charge is 2.32. The molecular formula is C9H9F3N2O2. The third kappa shape index (κ3) is 3.48. The molecule has 16 heavy (non-hydrogen) atoms. The number of ether oxygens (including phenoxy) is 1. The van der Waals surface area contributed by atoms with E-state index in [1.807, 2.05) is 0 Å². The van der Waals surface area contributed by atoms with Gasteiger partial charge < -0.3 is 4.74 Å². The summed E-state index contributed by atoms with van der Waals surface area (Å²) in [4.78, 5) is 17.6. The molecule has 1 rings (SSSR count).